The summed E-state index contributed by atoms with van der Waals surface area (Å²) >= 11 is 6.33. The second-order valence-electron chi connectivity index (χ2n) is 5.19. The van der Waals surface area contributed by atoms with Crippen molar-refractivity contribution < 1.29 is 19.4 Å². The van der Waals surface area contributed by atoms with Crippen LogP contribution in [0.3, 0.4) is 0 Å². The number of fused-ring (bicyclic) bond motifs is 1. The van der Waals surface area contributed by atoms with Gasteiger partial charge in [0.2, 0.25) is 6.79 Å². The minimum Gasteiger partial charge on any atom is -0.481 e. The lowest BCUT2D eigenvalue weighted by molar-refractivity contribution is -0.143. The number of rotatable bonds is 2. The van der Waals surface area contributed by atoms with E-state index in [1.807, 2.05) is 6.92 Å². The van der Waals surface area contributed by atoms with Gasteiger partial charge in [-0.1, -0.05) is 24.4 Å². The van der Waals surface area contributed by atoms with Crippen LogP contribution in [0.25, 0.3) is 0 Å². The van der Waals surface area contributed by atoms with Crippen molar-refractivity contribution in [1.82, 2.24) is 0 Å². The molecule has 0 unspecified atom stereocenters. The molecule has 0 radical (unpaired) electrons. The van der Waals surface area contributed by atoms with E-state index in [1.54, 1.807) is 6.07 Å². The maximum Gasteiger partial charge on any atom is 0.314 e. The number of hydrogen-bond acceptors (Lipinski definition) is 3. The Morgan fingerprint density at radius 1 is 1.37 bits per heavy atom. The fraction of sp³-hybridized carbons (Fsp3) is 0.500. The first-order valence-electron chi connectivity index (χ1n) is 6.39. The molecule has 1 aromatic carbocycles. The van der Waals surface area contributed by atoms with E-state index in [4.69, 9.17) is 21.1 Å². The summed E-state index contributed by atoms with van der Waals surface area (Å²) in [7, 11) is 0. The molecule has 1 aliphatic carbocycles. The molecule has 5 heteroatoms. The quantitative estimate of drug-likeness (QED) is 0.904. The fourth-order valence-corrected chi connectivity index (χ4v) is 3.73. The van der Waals surface area contributed by atoms with Crippen LogP contribution < -0.4 is 9.47 Å². The molecule has 1 N–H and O–H groups in total. The summed E-state index contributed by atoms with van der Waals surface area (Å²) in [6, 6.07) is 1.68. The normalized spacial score (nSPS) is 19.7. The average Bonchev–Trinajstić information content (AvgIpc) is 2.97. The van der Waals surface area contributed by atoms with Gasteiger partial charge in [-0.05, 0) is 25.3 Å². The van der Waals surface area contributed by atoms with Crippen molar-refractivity contribution in [3.63, 3.8) is 0 Å². The van der Waals surface area contributed by atoms with Crippen LogP contribution in [0.2, 0.25) is 5.02 Å². The predicted octanol–water partition coefficient (Wildman–Crippen LogP) is 3.27. The van der Waals surface area contributed by atoms with Gasteiger partial charge in [0.1, 0.15) is 0 Å². The Kier molecular flexibility index (Phi) is 2.86. The Bertz CT molecular complexity index is 547. The third kappa shape index (κ3) is 1.70. The summed E-state index contributed by atoms with van der Waals surface area (Å²) in [5, 5.41) is 10.1. The number of halogens is 1. The van der Waals surface area contributed by atoms with E-state index in [0.717, 1.165) is 18.4 Å². The minimum absolute atomic E-state index is 0.163. The first-order chi connectivity index (χ1) is 9.06. The van der Waals surface area contributed by atoms with E-state index in [1.165, 1.54) is 0 Å². The van der Waals surface area contributed by atoms with E-state index in [9.17, 15) is 9.90 Å². The van der Waals surface area contributed by atoms with E-state index in [0.29, 0.717) is 34.9 Å². The van der Waals surface area contributed by atoms with Crippen molar-refractivity contribution in [1.29, 1.82) is 0 Å². The number of carbonyl (C=O) groups is 1. The molecule has 0 aromatic heterocycles. The monoisotopic (exact) mass is 282 g/mol. The third-order valence-electron chi connectivity index (χ3n) is 4.20. The molecule has 1 aliphatic heterocycles. The summed E-state index contributed by atoms with van der Waals surface area (Å²) < 4.78 is 10.8. The van der Waals surface area contributed by atoms with Crippen LogP contribution in [0.15, 0.2) is 6.07 Å². The summed E-state index contributed by atoms with van der Waals surface area (Å²) in [4.78, 5) is 11.8. The van der Waals surface area contributed by atoms with Gasteiger partial charge in [-0.2, -0.15) is 0 Å². The summed E-state index contributed by atoms with van der Waals surface area (Å²) in [6.45, 7) is 2.02. The largest absolute Gasteiger partial charge is 0.481 e. The molecular formula is C14H15ClO4. The van der Waals surface area contributed by atoms with Gasteiger partial charge in [0, 0.05) is 16.7 Å². The predicted molar refractivity (Wildman–Crippen MR) is 70.1 cm³/mol. The molecule has 1 aromatic rings. The highest BCUT2D eigenvalue weighted by Crippen LogP contribution is 2.50. The number of benzene rings is 1. The lowest BCUT2D eigenvalue weighted by atomic mass is 9.76. The molecule has 1 saturated carbocycles. The van der Waals surface area contributed by atoms with Gasteiger partial charge < -0.3 is 14.6 Å². The second-order valence-corrected chi connectivity index (χ2v) is 5.59. The maximum atomic E-state index is 11.8. The van der Waals surface area contributed by atoms with Crippen LogP contribution in [-0.2, 0) is 10.2 Å². The topological polar surface area (TPSA) is 55.8 Å². The van der Waals surface area contributed by atoms with Crippen molar-refractivity contribution in [3.8, 4) is 11.5 Å². The number of carboxylic acids is 1. The van der Waals surface area contributed by atoms with Gasteiger partial charge >= 0.3 is 5.97 Å². The van der Waals surface area contributed by atoms with Gasteiger partial charge in [0.15, 0.2) is 11.5 Å². The number of ether oxygens (including phenoxy) is 2. The lowest BCUT2D eigenvalue weighted by Gasteiger charge is -2.27. The van der Waals surface area contributed by atoms with Crippen LogP contribution >= 0.6 is 11.6 Å². The number of aliphatic carboxylic acids is 1. The highest BCUT2D eigenvalue weighted by Gasteiger charge is 2.46. The third-order valence-corrected chi connectivity index (χ3v) is 4.50. The SMILES string of the molecule is Cc1c2c(cc(Cl)c1C1(C(=O)O)CCCC1)OCO2. The Hall–Kier alpha value is -1.42. The van der Waals surface area contributed by atoms with E-state index in [2.05, 4.69) is 0 Å². The van der Waals surface area contributed by atoms with Gasteiger partial charge in [0.25, 0.3) is 0 Å². The Morgan fingerprint density at radius 3 is 2.68 bits per heavy atom. The first kappa shape index (κ1) is 12.6. The zero-order valence-corrected chi connectivity index (χ0v) is 11.4. The molecule has 0 saturated heterocycles. The van der Waals surface area contributed by atoms with Crippen LogP contribution in [0.5, 0.6) is 11.5 Å². The van der Waals surface area contributed by atoms with Crippen molar-refractivity contribution in [2.24, 2.45) is 0 Å². The molecule has 1 heterocycles. The van der Waals surface area contributed by atoms with Crippen molar-refractivity contribution >= 4 is 17.6 Å². The average molecular weight is 283 g/mol. The molecule has 19 heavy (non-hydrogen) atoms. The van der Waals surface area contributed by atoms with Gasteiger partial charge in [0.05, 0.1) is 5.41 Å². The Morgan fingerprint density at radius 2 is 2.05 bits per heavy atom. The highest BCUT2D eigenvalue weighted by molar-refractivity contribution is 6.32. The van der Waals surface area contributed by atoms with Gasteiger partial charge in [-0.3, -0.25) is 4.79 Å². The zero-order valence-electron chi connectivity index (χ0n) is 10.7. The van der Waals surface area contributed by atoms with Crippen molar-refractivity contribution in [3.05, 3.63) is 22.2 Å². The summed E-state index contributed by atoms with van der Waals surface area (Å²) in [5.74, 6) is 0.436. The summed E-state index contributed by atoms with van der Waals surface area (Å²) in [6.07, 6.45) is 3.08. The lowest BCUT2D eigenvalue weighted by Crippen LogP contribution is -2.33. The summed E-state index contributed by atoms with van der Waals surface area (Å²) in [5.41, 5.74) is 0.620. The molecule has 2 aliphatic rings. The Balaban J connectivity index is 2.22. The molecule has 0 bridgehead atoms. The van der Waals surface area contributed by atoms with Gasteiger partial charge in [-0.15, -0.1) is 0 Å². The maximum absolute atomic E-state index is 11.8. The minimum atomic E-state index is -0.873. The van der Waals surface area contributed by atoms with Crippen LogP contribution in [-0.4, -0.2) is 17.9 Å². The molecule has 102 valence electrons. The highest BCUT2D eigenvalue weighted by atomic mass is 35.5. The van der Waals surface area contributed by atoms with E-state index >= 15 is 0 Å². The zero-order chi connectivity index (χ0) is 13.6. The fourth-order valence-electron chi connectivity index (χ4n) is 3.31. The number of carboxylic acid groups (broad SMARTS) is 1. The van der Waals surface area contributed by atoms with Crippen LogP contribution in [0.4, 0.5) is 0 Å². The molecule has 0 amide bonds. The van der Waals surface area contributed by atoms with Crippen molar-refractivity contribution in [2.75, 3.05) is 6.79 Å². The van der Waals surface area contributed by atoms with E-state index < -0.39 is 11.4 Å². The number of hydrogen-bond donors (Lipinski definition) is 1. The Labute approximate surface area is 116 Å². The van der Waals surface area contributed by atoms with Gasteiger partial charge in [-0.25, -0.2) is 0 Å². The first-order valence-corrected chi connectivity index (χ1v) is 6.76. The van der Waals surface area contributed by atoms with Crippen LogP contribution in [0.1, 0.15) is 36.8 Å². The molecular weight excluding hydrogens is 268 g/mol. The van der Waals surface area contributed by atoms with Crippen LogP contribution in [0, 0.1) is 6.92 Å². The standard InChI is InChI=1S/C14H15ClO4/c1-8-11(14(13(16)17)4-2-3-5-14)9(15)6-10-12(8)19-7-18-10/h6H,2-5,7H2,1H3,(H,16,17). The molecule has 0 atom stereocenters. The molecule has 3 rings (SSSR count). The molecule has 0 spiro atoms. The van der Waals surface area contributed by atoms with E-state index in [-0.39, 0.29) is 6.79 Å². The second kappa shape index (κ2) is 4.30. The smallest absolute Gasteiger partial charge is 0.314 e. The molecule has 4 nitrogen and oxygen atoms in total. The molecule has 1 fully saturated rings. The van der Waals surface area contributed by atoms with Crippen molar-refractivity contribution in [2.45, 2.75) is 38.0 Å².